The van der Waals surface area contributed by atoms with Crippen LogP contribution in [0.2, 0.25) is 5.15 Å². The van der Waals surface area contributed by atoms with Crippen molar-refractivity contribution in [1.82, 2.24) is 9.55 Å². The van der Waals surface area contributed by atoms with Crippen molar-refractivity contribution in [3.8, 4) is 17.5 Å². The van der Waals surface area contributed by atoms with E-state index in [1.54, 1.807) is 0 Å². The van der Waals surface area contributed by atoms with Gasteiger partial charge >= 0.3 is 0 Å². The van der Waals surface area contributed by atoms with Crippen LogP contribution in [0.1, 0.15) is 11.3 Å². The van der Waals surface area contributed by atoms with Crippen LogP contribution in [-0.4, -0.2) is 9.55 Å². The summed E-state index contributed by atoms with van der Waals surface area (Å²) >= 11 is 6.05. The number of aromatic nitrogens is 2. The molecular weight excluding hydrogens is 234 g/mol. The summed E-state index contributed by atoms with van der Waals surface area (Å²) in [7, 11) is 1.88. The van der Waals surface area contributed by atoms with Crippen LogP contribution >= 0.6 is 11.6 Å². The summed E-state index contributed by atoms with van der Waals surface area (Å²) in [4.78, 5) is 4.34. The average Bonchev–Trinajstić information content (AvgIpc) is 2.58. The Morgan fingerprint density at radius 3 is 2.76 bits per heavy atom. The van der Waals surface area contributed by atoms with E-state index in [4.69, 9.17) is 16.9 Å². The fourth-order valence-electron chi connectivity index (χ4n) is 1.83. The molecule has 2 rings (SSSR count). The maximum atomic E-state index is 8.75. The second-order valence-electron chi connectivity index (χ2n) is 3.88. The zero-order chi connectivity index (χ0) is 12.4. The molecule has 3 nitrogen and oxygen atoms in total. The molecule has 0 N–H and O–H groups in total. The Labute approximate surface area is 105 Å². The normalized spacial score (nSPS) is 10.2. The molecule has 2 aromatic rings. The van der Waals surface area contributed by atoms with E-state index >= 15 is 0 Å². The lowest BCUT2D eigenvalue weighted by molar-refractivity contribution is 0.863. The number of benzene rings is 1. The number of nitrogens with zero attached hydrogens (tertiary/aromatic N) is 3. The lowest BCUT2D eigenvalue weighted by Crippen LogP contribution is -1.99. The molecule has 0 spiro atoms. The number of aryl methyl sites for hydroxylation is 1. The van der Waals surface area contributed by atoms with Crippen LogP contribution in [0.5, 0.6) is 0 Å². The minimum Gasteiger partial charge on any atom is -0.329 e. The number of hydrogen-bond acceptors (Lipinski definition) is 2. The Kier molecular flexibility index (Phi) is 3.16. The van der Waals surface area contributed by atoms with Crippen LogP contribution in [0.15, 0.2) is 24.3 Å². The van der Waals surface area contributed by atoms with Gasteiger partial charge in [0.2, 0.25) is 0 Å². The zero-order valence-electron chi connectivity index (χ0n) is 9.74. The second kappa shape index (κ2) is 4.60. The van der Waals surface area contributed by atoms with Crippen molar-refractivity contribution in [2.45, 2.75) is 13.3 Å². The van der Waals surface area contributed by atoms with E-state index in [0.717, 1.165) is 22.6 Å². The summed E-state index contributed by atoms with van der Waals surface area (Å²) in [6, 6.07) is 10.1. The van der Waals surface area contributed by atoms with Gasteiger partial charge in [0.1, 0.15) is 5.82 Å². The zero-order valence-corrected chi connectivity index (χ0v) is 10.5. The van der Waals surface area contributed by atoms with E-state index in [1.165, 1.54) is 0 Å². The molecule has 0 fully saturated rings. The van der Waals surface area contributed by atoms with Gasteiger partial charge in [0, 0.05) is 12.6 Å². The van der Waals surface area contributed by atoms with Gasteiger partial charge in [0.15, 0.2) is 5.15 Å². The maximum Gasteiger partial charge on any atom is 0.152 e. The largest absolute Gasteiger partial charge is 0.329 e. The van der Waals surface area contributed by atoms with Gasteiger partial charge < -0.3 is 4.57 Å². The summed E-state index contributed by atoms with van der Waals surface area (Å²) in [5.74, 6) is 0.804. The molecule has 0 bridgehead atoms. The highest BCUT2D eigenvalue weighted by molar-refractivity contribution is 6.30. The van der Waals surface area contributed by atoms with Gasteiger partial charge in [-0.15, -0.1) is 0 Å². The fourth-order valence-corrected chi connectivity index (χ4v) is 2.10. The number of hydrogen-bond donors (Lipinski definition) is 0. The van der Waals surface area contributed by atoms with Gasteiger partial charge in [-0.05, 0) is 12.5 Å². The predicted molar refractivity (Wildman–Crippen MR) is 67.7 cm³/mol. The van der Waals surface area contributed by atoms with Crippen molar-refractivity contribution in [2.75, 3.05) is 0 Å². The third-order valence-corrected chi connectivity index (χ3v) is 3.10. The Bertz CT molecular complexity index is 593. The monoisotopic (exact) mass is 245 g/mol. The molecule has 17 heavy (non-hydrogen) atoms. The molecule has 1 aromatic carbocycles. The molecule has 1 aromatic heterocycles. The van der Waals surface area contributed by atoms with E-state index in [0.29, 0.717) is 5.15 Å². The van der Waals surface area contributed by atoms with Gasteiger partial charge in [-0.3, -0.25) is 0 Å². The van der Waals surface area contributed by atoms with Crippen LogP contribution in [0, 0.1) is 18.3 Å². The highest BCUT2D eigenvalue weighted by atomic mass is 35.5. The molecule has 0 aliphatic rings. The third kappa shape index (κ3) is 2.04. The molecule has 0 saturated heterocycles. The van der Waals surface area contributed by atoms with E-state index in [9.17, 15) is 0 Å². The predicted octanol–water partition coefficient (Wildman–Crippen LogP) is 3.12. The average molecular weight is 246 g/mol. The van der Waals surface area contributed by atoms with Crippen molar-refractivity contribution in [3.63, 3.8) is 0 Å². The second-order valence-corrected chi connectivity index (χ2v) is 4.24. The van der Waals surface area contributed by atoms with E-state index in [-0.39, 0.29) is 6.42 Å². The minimum absolute atomic E-state index is 0.272. The first-order chi connectivity index (χ1) is 8.15. The summed E-state index contributed by atoms with van der Waals surface area (Å²) < 4.78 is 1.88. The minimum atomic E-state index is 0.272. The number of nitriles is 1. The molecule has 0 unspecified atom stereocenters. The van der Waals surface area contributed by atoms with E-state index in [1.807, 2.05) is 42.8 Å². The Morgan fingerprint density at radius 2 is 2.12 bits per heavy atom. The Morgan fingerprint density at radius 1 is 1.41 bits per heavy atom. The number of halogens is 1. The van der Waals surface area contributed by atoms with Crippen LogP contribution in [0.25, 0.3) is 11.4 Å². The highest BCUT2D eigenvalue weighted by Crippen LogP contribution is 2.26. The quantitative estimate of drug-likeness (QED) is 0.816. The molecular formula is C13H12ClN3. The molecule has 0 aliphatic carbocycles. The van der Waals surface area contributed by atoms with Crippen molar-refractivity contribution < 1.29 is 0 Å². The van der Waals surface area contributed by atoms with Crippen molar-refractivity contribution in [1.29, 1.82) is 5.26 Å². The summed E-state index contributed by atoms with van der Waals surface area (Å²) in [6.07, 6.45) is 0.272. The summed E-state index contributed by atoms with van der Waals surface area (Å²) in [5.41, 5.74) is 2.94. The van der Waals surface area contributed by atoms with Crippen LogP contribution in [0.3, 0.4) is 0 Å². The first kappa shape index (κ1) is 11.7. The summed E-state index contributed by atoms with van der Waals surface area (Å²) in [6.45, 7) is 2.03. The fraction of sp³-hybridized carbons (Fsp3) is 0.231. The van der Waals surface area contributed by atoms with Crippen LogP contribution < -0.4 is 0 Å². The van der Waals surface area contributed by atoms with E-state index < -0.39 is 0 Å². The van der Waals surface area contributed by atoms with Crippen molar-refractivity contribution >= 4 is 11.6 Å². The maximum absolute atomic E-state index is 8.75. The molecule has 4 heteroatoms. The number of rotatable bonds is 2. The lowest BCUT2D eigenvalue weighted by atomic mass is 10.1. The molecule has 86 valence electrons. The molecule has 0 aliphatic heterocycles. The Balaban J connectivity index is 2.59. The standard InChI is InChI=1S/C13H12ClN3/c1-9-5-3-4-6-10(9)13-16-12(14)11(7-8-15)17(13)2/h3-6H,7H2,1-2H3. The van der Waals surface area contributed by atoms with Crippen LogP contribution in [-0.2, 0) is 13.5 Å². The first-order valence-corrected chi connectivity index (χ1v) is 5.67. The first-order valence-electron chi connectivity index (χ1n) is 5.29. The van der Waals surface area contributed by atoms with Gasteiger partial charge in [0.25, 0.3) is 0 Å². The molecule has 0 amide bonds. The van der Waals surface area contributed by atoms with Gasteiger partial charge in [0.05, 0.1) is 18.2 Å². The van der Waals surface area contributed by atoms with Crippen molar-refractivity contribution in [2.24, 2.45) is 7.05 Å². The van der Waals surface area contributed by atoms with E-state index in [2.05, 4.69) is 11.1 Å². The van der Waals surface area contributed by atoms with Gasteiger partial charge in [-0.25, -0.2) is 4.98 Å². The molecule has 1 heterocycles. The van der Waals surface area contributed by atoms with Gasteiger partial charge in [-0.1, -0.05) is 35.9 Å². The van der Waals surface area contributed by atoms with Crippen molar-refractivity contribution in [3.05, 3.63) is 40.7 Å². The third-order valence-electron chi connectivity index (χ3n) is 2.80. The molecule has 0 saturated carbocycles. The highest BCUT2D eigenvalue weighted by Gasteiger charge is 2.15. The lowest BCUT2D eigenvalue weighted by Gasteiger charge is -2.06. The molecule has 0 radical (unpaired) electrons. The smallest absolute Gasteiger partial charge is 0.152 e. The van der Waals surface area contributed by atoms with Gasteiger partial charge in [-0.2, -0.15) is 5.26 Å². The SMILES string of the molecule is Cc1ccccc1-c1nc(Cl)c(CC#N)n1C. The summed E-state index contributed by atoms with van der Waals surface area (Å²) in [5, 5.41) is 9.16. The topological polar surface area (TPSA) is 41.6 Å². The number of imidazole rings is 1. The Hall–Kier alpha value is -1.79. The van der Waals surface area contributed by atoms with Crippen LogP contribution in [0.4, 0.5) is 0 Å². The molecule has 0 atom stereocenters.